The average Bonchev–Trinajstić information content (AvgIpc) is 2.65. The van der Waals surface area contributed by atoms with E-state index < -0.39 is 0 Å². The van der Waals surface area contributed by atoms with E-state index >= 15 is 0 Å². The van der Waals surface area contributed by atoms with Gasteiger partial charge in [-0.15, -0.1) is 12.4 Å². The first-order valence-corrected chi connectivity index (χ1v) is 9.45. The number of aromatic hydroxyl groups is 1. The quantitative estimate of drug-likeness (QED) is 0.348. The van der Waals surface area contributed by atoms with Crippen LogP contribution in [0, 0.1) is 0 Å². The van der Waals surface area contributed by atoms with Gasteiger partial charge in [0, 0.05) is 24.2 Å². The van der Waals surface area contributed by atoms with Crippen LogP contribution in [-0.4, -0.2) is 41.0 Å². The zero-order valence-corrected chi connectivity index (χ0v) is 17.9. The van der Waals surface area contributed by atoms with Crippen LogP contribution in [-0.2, 0) is 4.84 Å². The molecule has 0 bridgehead atoms. The summed E-state index contributed by atoms with van der Waals surface area (Å²) < 4.78 is 0. The van der Waals surface area contributed by atoms with Crippen LogP contribution in [0.2, 0.25) is 0 Å². The van der Waals surface area contributed by atoms with Gasteiger partial charge in [0.1, 0.15) is 18.1 Å². The summed E-state index contributed by atoms with van der Waals surface area (Å²) in [5.74, 6) is 0.257. The molecule has 0 radical (unpaired) electrons. The highest BCUT2D eigenvalue weighted by Crippen LogP contribution is 2.12. The van der Waals surface area contributed by atoms with Crippen molar-refractivity contribution in [2.45, 2.75) is 39.8 Å². The molecule has 0 unspecified atom stereocenters. The lowest BCUT2D eigenvalue weighted by Crippen LogP contribution is -2.39. The maximum absolute atomic E-state index is 9.41. The second-order valence-electron chi connectivity index (χ2n) is 7.03. The highest BCUT2D eigenvalue weighted by atomic mass is 35.5. The predicted octanol–water partition coefficient (Wildman–Crippen LogP) is 5.37. The number of oxime groups is 1. The first-order valence-electron chi connectivity index (χ1n) is 9.45. The molecule has 152 valence electrons. The molecule has 0 aliphatic rings. The van der Waals surface area contributed by atoms with Gasteiger partial charge < -0.3 is 9.94 Å². The molecule has 1 N–H and O–H groups in total. The maximum Gasteiger partial charge on any atom is 0.129 e. The minimum absolute atomic E-state index is 0. The monoisotopic (exact) mass is 402 g/mol. The Morgan fingerprint density at radius 2 is 1.61 bits per heavy atom. The number of allylic oxidation sites excluding steroid dienone is 1. The van der Waals surface area contributed by atoms with E-state index in [4.69, 9.17) is 4.84 Å². The zero-order valence-electron chi connectivity index (χ0n) is 17.1. The summed E-state index contributed by atoms with van der Waals surface area (Å²) in [5, 5.41) is 13.8. The number of nitrogens with zero attached hydrogens (tertiary/aromatic N) is 2. The molecule has 0 aromatic heterocycles. The molecule has 28 heavy (non-hydrogen) atoms. The molecular weight excluding hydrogens is 372 g/mol. The lowest BCUT2D eigenvalue weighted by atomic mass is 10.1. The Labute approximate surface area is 174 Å². The fourth-order valence-electron chi connectivity index (χ4n) is 2.92. The number of phenols is 1. The summed E-state index contributed by atoms with van der Waals surface area (Å²) in [6.45, 7) is 10.2. The molecule has 0 atom stereocenters. The SMILES string of the molecule is CC(C)N(CCON=C(C=Cc1ccc(O)cc1)c1ccccc1)C(C)C.Cl. The van der Waals surface area contributed by atoms with Gasteiger partial charge >= 0.3 is 0 Å². The summed E-state index contributed by atoms with van der Waals surface area (Å²) in [4.78, 5) is 8.02. The predicted molar refractivity (Wildman–Crippen MR) is 120 cm³/mol. The van der Waals surface area contributed by atoms with Gasteiger partial charge in [0.2, 0.25) is 0 Å². The number of rotatable bonds is 9. The Kier molecular flexibility index (Phi) is 10.4. The third kappa shape index (κ3) is 7.75. The molecule has 2 aromatic carbocycles. The van der Waals surface area contributed by atoms with Crippen LogP contribution in [0.15, 0.2) is 65.8 Å². The summed E-state index contributed by atoms with van der Waals surface area (Å²) in [6.07, 6.45) is 3.90. The number of benzene rings is 2. The van der Waals surface area contributed by atoms with E-state index in [-0.39, 0.29) is 18.2 Å². The van der Waals surface area contributed by atoms with Gasteiger partial charge in [-0.05, 0) is 51.5 Å². The highest BCUT2D eigenvalue weighted by molar-refractivity contribution is 6.10. The van der Waals surface area contributed by atoms with Crippen molar-refractivity contribution in [3.05, 3.63) is 71.8 Å². The molecule has 0 spiro atoms. The Balaban J connectivity index is 0.00000392. The van der Waals surface area contributed by atoms with Crippen LogP contribution in [0.5, 0.6) is 5.75 Å². The van der Waals surface area contributed by atoms with Crippen molar-refractivity contribution in [2.24, 2.45) is 5.16 Å². The number of halogens is 1. The molecule has 0 aliphatic heterocycles. The normalized spacial score (nSPS) is 12.0. The first-order chi connectivity index (χ1) is 13.0. The van der Waals surface area contributed by atoms with Gasteiger partial charge in [-0.1, -0.05) is 53.7 Å². The molecule has 0 amide bonds. The van der Waals surface area contributed by atoms with Crippen molar-refractivity contribution in [3.8, 4) is 5.75 Å². The Bertz CT molecular complexity index is 733. The van der Waals surface area contributed by atoms with Crippen LogP contribution in [0.25, 0.3) is 6.08 Å². The first kappa shape index (κ1) is 23.7. The smallest absolute Gasteiger partial charge is 0.129 e. The van der Waals surface area contributed by atoms with Crippen molar-refractivity contribution >= 4 is 24.2 Å². The number of hydrogen-bond acceptors (Lipinski definition) is 4. The van der Waals surface area contributed by atoms with E-state index in [2.05, 4.69) is 37.8 Å². The highest BCUT2D eigenvalue weighted by Gasteiger charge is 2.12. The zero-order chi connectivity index (χ0) is 19.6. The largest absolute Gasteiger partial charge is 0.508 e. The van der Waals surface area contributed by atoms with E-state index in [1.807, 2.05) is 54.6 Å². The molecule has 0 saturated heterocycles. The van der Waals surface area contributed by atoms with Crippen LogP contribution >= 0.6 is 12.4 Å². The Morgan fingerprint density at radius 1 is 1.00 bits per heavy atom. The summed E-state index contributed by atoms with van der Waals surface area (Å²) >= 11 is 0. The van der Waals surface area contributed by atoms with E-state index in [1.165, 1.54) is 0 Å². The van der Waals surface area contributed by atoms with Gasteiger partial charge in [-0.3, -0.25) is 4.90 Å². The molecule has 0 aliphatic carbocycles. The minimum atomic E-state index is 0. The third-order valence-electron chi connectivity index (χ3n) is 4.33. The Hall–Kier alpha value is -2.30. The van der Waals surface area contributed by atoms with Gasteiger partial charge in [-0.2, -0.15) is 0 Å². The number of hydrogen-bond donors (Lipinski definition) is 1. The van der Waals surface area contributed by atoms with Gasteiger partial charge in [0.05, 0.1) is 0 Å². The van der Waals surface area contributed by atoms with Gasteiger partial charge in [0.25, 0.3) is 0 Å². The Morgan fingerprint density at radius 3 is 2.18 bits per heavy atom. The van der Waals surface area contributed by atoms with E-state index in [1.54, 1.807) is 12.1 Å². The second-order valence-corrected chi connectivity index (χ2v) is 7.03. The van der Waals surface area contributed by atoms with E-state index in [0.29, 0.717) is 18.7 Å². The van der Waals surface area contributed by atoms with Crippen molar-refractivity contribution in [1.29, 1.82) is 0 Å². The van der Waals surface area contributed by atoms with Gasteiger partial charge in [0.15, 0.2) is 0 Å². The molecule has 0 saturated carbocycles. The van der Waals surface area contributed by atoms with Crippen LogP contribution in [0.1, 0.15) is 38.8 Å². The van der Waals surface area contributed by atoms with E-state index in [0.717, 1.165) is 23.4 Å². The maximum atomic E-state index is 9.41. The van der Waals surface area contributed by atoms with Crippen LogP contribution < -0.4 is 0 Å². The molecule has 2 aromatic rings. The molecule has 5 heteroatoms. The van der Waals surface area contributed by atoms with E-state index in [9.17, 15) is 5.11 Å². The molecule has 0 heterocycles. The molecule has 0 fully saturated rings. The second kappa shape index (κ2) is 12.2. The fourth-order valence-corrected chi connectivity index (χ4v) is 2.92. The number of phenolic OH excluding ortho intramolecular Hbond substituents is 1. The lowest BCUT2D eigenvalue weighted by Gasteiger charge is -2.29. The van der Waals surface area contributed by atoms with Crippen LogP contribution in [0.4, 0.5) is 0 Å². The van der Waals surface area contributed by atoms with Crippen molar-refractivity contribution in [3.63, 3.8) is 0 Å². The minimum Gasteiger partial charge on any atom is -0.508 e. The topological polar surface area (TPSA) is 45.1 Å². The molecule has 2 rings (SSSR count). The summed E-state index contributed by atoms with van der Waals surface area (Å²) in [6, 6.07) is 18.0. The third-order valence-corrected chi connectivity index (χ3v) is 4.33. The lowest BCUT2D eigenvalue weighted by molar-refractivity contribution is 0.0831. The fraction of sp³-hybridized carbons (Fsp3) is 0.348. The molecule has 4 nitrogen and oxygen atoms in total. The standard InChI is InChI=1S/C23H30N2O2.ClH/c1-18(2)25(19(3)4)16-17-27-24-23(21-8-6-5-7-9-21)15-12-20-10-13-22(26)14-11-20;/h5-15,18-19,26H,16-17H2,1-4H3;1H. The molecular formula is C23H31ClN2O2. The van der Waals surface area contributed by atoms with Crippen molar-refractivity contribution < 1.29 is 9.94 Å². The average molecular weight is 403 g/mol. The summed E-state index contributed by atoms with van der Waals surface area (Å²) in [5.41, 5.74) is 2.75. The van der Waals surface area contributed by atoms with Crippen LogP contribution in [0.3, 0.4) is 0 Å². The van der Waals surface area contributed by atoms with Crippen molar-refractivity contribution in [2.75, 3.05) is 13.2 Å². The van der Waals surface area contributed by atoms with Crippen molar-refractivity contribution in [1.82, 2.24) is 4.90 Å². The van der Waals surface area contributed by atoms with Gasteiger partial charge in [-0.25, -0.2) is 0 Å². The summed E-state index contributed by atoms with van der Waals surface area (Å²) in [7, 11) is 0.